The molecule has 0 saturated carbocycles. The quantitative estimate of drug-likeness (QED) is 0.474. The summed E-state index contributed by atoms with van der Waals surface area (Å²) in [6.07, 6.45) is 2.01. The van der Waals surface area contributed by atoms with Crippen molar-refractivity contribution in [1.82, 2.24) is 9.47 Å². The van der Waals surface area contributed by atoms with Gasteiger partial charge in [0.25, 0.3) is 0 Å². The van der Waals surface area contributed by atoms with Gasteiger partial charge in [0.2, 0.25) is 11.8 Å². The lowest BCUT2D eigenvalue weighted by Gasteiger charge is -2.35. The number of carbonyl (C=O) groups is 2. The Morgan fingerprint density at radius 3 is 2.54 bits per heavy atom. The van der Waals surface area contributed by atoms with Gasteiger partial charge in [0.1, 0.15) is 18.0 Å². The lowest BCUT2D eigenvalue weighted by Crippen LogP contribution is -2.49. The van der Waals surface area contributed by atoms with Crippen molar-refractivity contribution in [3.8, 4) is 11.5 Å². The van der Waals surface area contributed by atoms with E-state index in [9.17, 15) is 9.59 Å². The van der Waals surface area contributed by atoms with Crippen LogP contribution in [0.4, 0.5) is 5.69 Å². The maximum atomic E-state index is 13.0. The van der Waals surface area contributed by atoms with Crippen molar-refractivity contribution in [3.05, 3.63) is 48.7 Å². The number of thioether (sulfide) groups is 1. The fraction of sp³-hybridized carbons (Fsp3) is 0.385. The van der Waals surface area contributed by atoms with Gasteiger partial charge in [-0.05, 0) is 32.0 Å². The standard InChI is InChI=1S/C26H31N3O5S/c1-17-12-29(13-18(2)34-17)26(31)15-28-14-24(20-7-5-6-8-22(20)28)35-16-25(30)27-21-10-9-19(32-3)11-23(21)33-4/h5-11,14,17-18H,12-13,15-16H2,1-4H3,(H,27,30). The fourth-order valence-corrected chi connectivity index (χ4v) is 5.21. The predicted molar refractivity (Wildman–Crippen MR) is 137 cm³/mol. The molecular weight excluding hydrogens is 466 g/mol. The summed E-state index contributed by atoms with van der Waals surface area (Å²) in [7, 11) is 3.13. The average Bonchev–Trinajstić information content (AvgIpc) is 3.19. The summed E-state index contributed by atoms with van der Waals surface area (Å²) in [5.74, 6) is 1.31. The molecule has 35 heavy (non-hydrogen) atoms. The van der Waals surface area contributed by atoms with E-state index >= 15 is 0 Å². The molecule has 8 nitrogen and oxygen atoms in total. The zero-order valence-corrected chi connectivity index (χ0v) is 21.3. The summed E-state index contributed by atoms with van der Waals surface area (Å²) in [6, 6.07) is 13.2. The van der Waals surface area contributed by atoms with Crippen molar-refractivity contribution in [1.29, 1.82) is 0 Å². The van der Waals surface area contributed by atoms with Crippen LogP contribution in [-0.2, 0) is 20.9 Å². The number of aromatic nitrogens is 1. The van der Waals surface area contributed by atoms with Gasteiger partial charge in [-0.15, -0.1) is 11.8 Å². The Morgan fingerprint density at radius 2 is 1.83 bits per heavy atom. The fourth-order valence-electron chi connectivity index (χ4n) is 4.32. The highest BCUT2D eigenvalue weighted by atomic mass is 32.2. The molecule has 2 unspecified atom stereocenters. The Kier molecular flexibility index (Phi) is 7.87. The minimum Gasteiger partial charge on any atom is -0.497 e. The van der Waals surface area contributed by atoms with Gasteiger partial charge in [0.05, 0.1) is 37.9 Å². The monoisotopic (exact) mass is 497 g/mol. The number of nitrogens with one attached hydrogen (secondary N) is 1. The zero-order valence-electron chi connectivity index (χ0n) is 20.4. The maximum Gasteiger partial charge on any atom is 0.242 e. The largest absolute Gasteiger partial charge is 0.497 e. The van der Waals surface area contributed by atoms with E-state index in [0.29, 0.717) is 30.3 Å². The highest BCUT2D eigenvalue weighted by Crippen LogP contribution is 2.32. The third kappa shape index (κ3) is 5.91. The Balaban J connectivity index is 1.45. The summed E-state index contributed by atoms with van der Waals surface area (Å²) < 4.78 is 18.3. The van der Waals surface area contributed by atoms with E-state index in [1.165, 1.54) is 11.8 Å². The molecule has 0 aliphatic carbocycles. The number of methoxy groups -OCH3 is 2. The van der Waals surface area contributed by atoms with Crippen molar-refractivity contribution < 1.29 is 23.8 Å². The van der Waals surface area contributed by atoms with Crippen LogP contribution in [-0.4, -0.2) is 66.6 Å². The van der Waals surface area contributed by atoms with Crippen LogP contribution in [0.15, 0.2) is 53.6 Å². The van der Waals surface area contributed by atoms with Crippen LogP contribution in [0.5, 0.6) is 11.5 Å². The molecule has 2 heterocycles. The molecule has 186 valence electrons. The second-order valence-corrected chi connectivity index (χ2v) is 9.61. The summed E-state index contributed by atoms with van der Waals surface area (Å²) in [4.78, 5) is 28.6. The third-order valence-electron chi connectivity index (χ3n) is 5.87. The molecule has 1 N–H and O–H groups in total. The van der Waals surface area contributed by atoms with Crippen LogP contribution in [0, 0.1) is 0 Å². The minimum atomic E-state index is -0.150. The molecule has 0 radical (unpaired) electrons. The number of rotatable bonds is 8. The molecule has 1 aliphatic rings. The van der Waals surface area contributed by atoms with Crippen molar-refractivity contribution in [2.75, 3.05) is 38.4 Å². The van der Waals surface area contributed by atoms with Gasteiger partial charge >= 0.3 is 0 Å². The van der Waals surface area contributed by atoms with E-state index in [1.807, 2.05) is 53.8 Å². The van der Waals surface area contributed by atoms with Gasteiger partial charge in [0.15, 0.2) is 0 Å². The highest BCUT2D eigenvalue weighted by Gasteiger charge is 2.26. The zero-order chi connectivity index (χ0) is 24.9. The number of nitrogens with zero attached hydrogens (tertiary/aromatic N) is 2. The van der Waals surface area contributed by atoms with Crippen LogP contribution >= 0.6 is 11.8 Å². The second-order valence-electron chi connectivity index (χ2n) is 8.60. The van der Waals surface area contributed by atoms with Crippen molar-refractivity contribution in [3.63, 3.8) is 0 Å². The molecule has 1 saturated heterocycles. The van der Waals surface area contributed by atoms with E-state index in [2.05, 4.69) is 5.32 Å². The number of hydrogen-bond acceptors (Lipinski definition) is 6. The number of benzene rings is 2. The smallest absolute Gasteiger partial charge is 0.242 e. The number of para-hydroxylation sites is 1. The van der Waals surface area contributed by atoms with E-state index < -0.39 is 0 Å². The number of fused-ring (bicyclic) bond motifs is 1. The normalized spacial score (nSPS) is 17.9. The van der Waals surface area contributed by atoms with E-state index in [4.69, 9.17) is 14.2 Å². The van der Waals surface area contributed by atoms with Gasteiger partial charge in [-0.1, -0.05) is 18.2 Å². The first-order chi connectivity index (χ1) is 16.9. The average molecular weight is 498 g/mol. The van der Waals surface area contributed by atoms with Gasteiger partial charge < -0.3 is 29.0 Å². The first-order valence-electron chi connectivity index (χ1n) is 11.5. The van der Waals surface area contributed by atoms with Crippen LogP contribution in [0.3, 0.4) is 0 Å². The summed E-state index contributed by atoms with van der Waals surface area (Å²) in [5.41, 5.74) is 1.55. The number of amides is 2. The molecule has 1 fully saturated rings. The Bertz CT molecular complexity index is 1200. The molecule has 0 bridgehead atoms. The first kappa shape index (κ1) is 24.9. The molecule has 4 rings (SSSR count). The van der Waals surface area contributed by atoms with Gasteiger partial charge in [0, 0.05) is 41.2 Å². The topological polar surface area (TPSA) is 82.0 Å². The second kappa shape index (κ2) is 11.0. The van der Waals surface area contributed by atoms with Gasteiger partial charge in [-0.25, -0.2) is 0 Å². The predicted octanol–water partition coefficient (Wildman–Crippen LogP) is 4.03. The van der Waals surface area contributed by atoms with Gasteiger partial charge in [-0.3, -0.25) is 9.59 Å². The molecule has 2 aromatic carbocycles. The summed E-state index contributed by atoms with van der Waals surface area (Å²) >= 11 is 1.44. The van der Waals surface area contributed by atoms with E-state index in [-0.39, 0.29) is 36.3 Å². The lowest BCUT2D eigenvalue weighted by atomic mass is 10.2. The Hall–Kier alpha value is -3.17. The molecular formula is C26H31N3O5S. The number of ether oxygens (including phenoxy) is 3. The van der Waals surface area contributed by atoms with E-state index in [1.54, 1.807) is 32.4 Å². The number of morpholine rings is 1. The molecule has 1 aromatic heterocycles. The summed E-state index contributed by atoms with van der Waals surface area (Å²) in [6.45, 7) is 5.42. The van der Waals surface area contributed by atoms with Crippen LogP contribution in [0.25, 0.3) is 10.9 Å². The number of hydrogen-bond donors (Lipinski definition) is 1. The van der Waals surface area contributed by atoms with Crippen LogP contribution in [0.1, 0.15) is 13.8 Å². The number of anilines is 1. The minimum absolute atomic E-state index is 0.0260. The molecule has 9 heteroatoms. The van der Waals surface area contributed by atoms with Crippen molar-refractivity contribution in [2.45, 2.75) is 37.5 Å². The third-order valence-corrected chi connectivity index (χ3v) is 6.91. The highest BCUT2D eigenvalue weighted by molar-refractivity contribution is 8.00. The molecule has 0 spiro atoms. The molecule has 2 atom stereocenters. The molecule has 3 aromatic rings. The SMILES string of the molecule is COc1ccc(NC(=O)CSc2cn(CC(=O)N3CC(C)OC(C)C3)c3ccccc23)c(OC)c1. The van der Waals surface area contributed by atoms with Crippen LogP contribution < -0.4 is 14.8 Å². The maximum absolute atomic E-state index is 13.0. The molecule has 2 amide bonds. The number of carbonyl (C=O) groups excluding carboxylic acids is 2. The van der Waals surface area contributed by atoms with Crippen LogP contribution in [0.2, 0.25) is 0 Å². The van der Waals surface area contributed by atoms with Gasteiger partial charge in [-0.2, -0.15) is 0 Å². The Morgan fingerprint density at radius 1 is 1.09 bits per heavy atom. The summed E-state index contributed by atoms with van der Waals surface area (Å²) in [5, 5.41) is 3.92. The van der Waals surface area contributed by atoms with Crippen molar-refractivity contribution >= 4 is 40.2 Å². The molecule has 1 aliphatic heterocycles. The Labute approximate surface area is 209 Å². The first-order valence-corrected chi connectivity index (χ1v) is 12.5. The lowest BCUT2D eigenvalue weighted by molar-refractivity contribution is -0.143. The van der Waals surface area contributed by atoms with E-state index in [0.717, 1.165) is 15.8 Å². The van der Waals surface area contributed by atoms with Crippen molar-refractivity contribution in [2.24, 2.45) is 0 Å².